The van der Waals surface area contributed by atoms with E-state index in [0.29, 0.717) is 5.41 Å². The predicted molar refractivity (Wildman–Crippen MR) is 106 cm³/mol. The van der Waals surface area contributed by atoms with Gasteiger partial charge in [0.15, 0.2) is 5.82 Å². The van der Waals surface area contributed by atoms with Gasteiger partial charge in [-0.1, -0.05) is 30.3 Å². The molecule has 1 aromatic carbocycles. The van der Waals surface area contributed by atoms with Crippen molar-refractivity contribution >= 4 is 24.8 Å². The van der Waals surface area contributed by atoms with E-state index in [2.05, 4.69) is 32.3 Å². The molecule has 0 bridgehead atoms. The molecule has 2 aliphatic rings. The third kappa shape index (κ3) is 4.70. The first-order valence-electron chi connectivity index (χ1n) is 8.63. The molecule has 136 valence electrons. The van der Waals surface area contributed by atoms with Gasteiger partial charge in [0.2, 0.25) is 0 Å². The van der Waals surface area contributed by atoms with Crippen molar-refractivity contribution in [2.75, 3.05) is 26.2 Å². The molecule has 1 spiro atoms. The molecule has 0 saturated carbocycles. The van der Waals surface area contributed by atoms with Crippen molar-refractivity contribution in [3.8, 4) is 11.4 Å². The summed E-state index contributed by atoms with van der Waals surface area (Å²) < 4.78 is 0. The Morgan fingerprint density at radius 3 is 2.32 bits per heavy atom. The molecule has 3 heterocycles. The van der Waals surface area contributed by atoms with Crippen LogP contribution in [0.4, 0.5) is 0 Å². The standard InChI is InChI=1S/C19H24N4.2ClH/c1-2-4-17(5-3-1)18-21-12-16(13-22-18)14-23-11-8-19(15-23)6-9-20-10-7-19;;/h1-5,12-13,20H,6-11,14-15H2;2*1H. The van der Waals surface area contributed by atoms with Crippen LogP contribution >= 0.6 is 24.8 Å². The van der Waals surface area contributed by atoms with E-state index >= 15 is 0 Å². The van der Waals surface area contributed by atoms with Crippen LogP contribution < -0.4 is 5.32 Å². The SMILES string of the molecule is Cl.Cl.c1ccc(-c2ncc(CN3CCC4(CCNCC4)C3)cn2)cc1. The number of aromatic nitrogens is 2. The normalized spacial score (nSPS) is 19.2. The third-order valence-electron chi connectivity index (χ3n) is 5.33. The first kappa shape index (κ1) is 20.1. The van der Waals surface area contributed by atoms with Gasteiger partial charge in [0.25, 0.3) is 0 Å². The Bertz CT molecular complexity index is 642. The molecule has 2 fully saturated rings. The number of hydrogen-bond acceptors (Lipinski definition) is 4. The first-order chi connectivity index (χ1) is 11.3. The summed E-state index contributed by atoms with van der Waals surface area (Å²) in [5.74, 6) is 0.811. The largest absolute Gasteiger partial charge is 0.317 e. The van der Waals surface area contributed by atoms with Gasteiger partial charge < -0.3 is 5.32 Å². The first-order valence-corrected chi connectivity index (χ1v) is 8.63. The van der Waals surface area contributed by atoms with E-state index in [1.54, 1.807) is 0 Å². The molecule has 0 amide bonds. The fourth-order valence-electron chi connectivity index (χ4n) is 3.96. The van der Waals surface area contributed by atoms with Crippen molar-refractivity contribution in [1.82, 2.24) is 20.2 Å². The molecule has 2 aromatic rings. The summed E-state index contributed by atoms with van der Waals surface area (Å²) in [5.41, 5.74) is 2.86. The van der Waals surface area contributed by atoms with Crippen molar-refractivity contribution in [3.63, 3.8) is 0 Å². The van der Waals surface area contributed by atoms with Crippen LogP contribution in [0.25, 0.3) is 11.4 Å². The molecule has 0 unspecified atom stereocenters. The third-order valence-corrected chi connectivity index (χ3v) is 5.33. The van der Waals surface area contributed by atoms with Crippen LogP contribution in [-0.2, 0) is 6.54 Å². The van der Waals surface area contributed by atoms with E-state index in [4.69, 9.17) is 0 Å². The van der Waals surface area contributed by atoms with Gasteiger partial charge in [-0.25, -0.2) is 9.97 Å². The molecular formula is C19H26Cl2N4. The van der Waals surface area contributed by atoms with E-state index in [1.807, 2.05) is 30.6 Å². The number of hydrogen-bond donors (Lipinski definition) is 1. The van der Waals surface area contributed by atoms with Crippen molar-refractivity contribution in [2.24, 2.45) is 5.41 Å². The molecule has 0 aliphatic carbocycles. The molecule has 0 atom stereocenters. The number of nitrogens with one attached hydrogen (secondary N) is 1. The van der Waals surface area contributed by atoms with E-state index < -0.39 is 0 Å². The number of likely N-dealkylation sites (tertiary alicyclic amines) is 1. The van der Waals surface area contributed by atoms with Crippen molar-refractivity contribution in [2.45, 2.75) is 25.8 Å². The van der Waals surface area contributed by atoms with Crippen LogP contribution in [0.1, 0.15) is 24.8 Å². The predicted octanol–water partition coefficient (Wildman–Crippen LogP) is 3.56. The highest BCUT2D eigenvalue weighted by Gasteiger charge is 2.38. The van der Waals surface area contributed by atoms with E-state index in [1.165, 1.54) is 51.0 Å². The Morgan fingerprint density at radius 2 is 1.64 bits per heavy atom. The van der Waals surface area contributed by atoms with E-state index in [0.717, 1.165) is 17.9 Å². The highest BCUT2D eigenvalue weighted by Crippen LogP contribution is 2.38. The molecule has 1 aromatic heterocycles. The summed E-state index contributed by atoms with van der Waals surface area (Å²) in [7, 11) is 0. The smallest absolute Gasteiger partial charge is 0.159 e. The highest BCUT2D eigenvalue weighted by molar-refractivity contribution is 5.85. The average molecular weight is 381 g/mol. The minimum Gasteiger partial charge on any atom is -0.317 e. The molecule has 25 heavy (non-hydrogen) atoms. The monoisotopic (exact) mass is 380 g/mol. The Labute approximate surface area is 162 Å². The van der Waals surface area contributed by atoms with Gasteiger partial charge in [-0.15, -0.1) is 24.8 Å². The van der Waals surface area contributed by atoms with Crippen molar-refractivity contribution in [1.29, 1.82) is 0 Å². The molecule has 4 nitrogen and oxygen atoms in total. The maximum Gasteiger partial charge on any atom is 0.159 e. The number of halogens is 2. The van der Waals surface area contributed by atoms with Gasteiger partial charge in [-0.2, -0.15) is 0 Å². The number of nitrogens with zero attached hydrogens (tertiary/aromatic N) is 3. The van der Waals surface area contributed by atoms with Crippen molar-refractivity contribution < 1.29 is 0 Å². The van der Waals surface area contributed by atoms with Gasteiger partial charge in [0.1, 0.15) is 0 Å². The van der Waals surface area contributed by atoms with E-state index in [-0.39, 0.29) is 24.8 Å². The van der Waals surface area contributed by atoms with Gasteiger partial charge >= 0.3 is 0 Å². The summed E-state index contributed by atoms with van der Waals surface area (Å²) >= 11 is 0. The van der Waals surface area contributed by atoms with Gasteiger partial charge in [-0.05, 0) is 44.3 Å². The second-order valence-electron chi connectivity index (χ2n) is 6.99. The Balaban J connectivity index is 0.00000113. The van der Waals surface area contributed by atoms with Gasteiger partial charge in [-0.3, -0.25) is 4.90 Å². The lowest BCUT2D eigenvalue weighted by atomic mass is 9.78. The fourth-order valence-corrected chi connectivity index (χ4v) is 3.96. The van der Waals surface area contributed by atoms with Crippen LogP contribution in [-0.4, -0.2) is 41.0 Å². The lowest BCUT2D eigenvalue weighted by molar-refractivity contribution is 0.194. The topological polar surface area (TPSA) is 41.1 Å². The zero-order valence-corrected chi connectivity index (χ0v) is 16.0. The molecular weight excluding hydrogens is 355 g/mol. The van der Waals surface area contributed by atoms with Crippen LogP contribution in [0, 0.1) is 5.41 Å². The molecule has 2 saturated heterocycles. The summed E-state index contributed by atoms with van der Waals surface area (Å²) in [4.78, 5) is 11.7. The second kappa shape index (κ2) is 8.95. The van der Waals surface area contributed by atoms with Crippen LogP contribution in [0.2, 0.25) is 0 Å². The van der Waals surface area contributed by atoms with E-state index in [9.17, 15) is 0 Å². The van der Waals surface area contributed by atoms with Crippen molar-refractivity contribution in [3.05, 3.63) is 48.3 Å². The van der Waals surface area contributed by atoms with Gasteiger partial charge in [0.05, 0.1) is 0 Å². The number of rotatable bonds is 3. The molecule has 6 heteroatoms. The fraction of sp³-hybridized carbons (Fsp3) is 0.474. The minimum atomic E-state index is 0. The van der Waals surface area contributed by atoms with Crippen LogP contribution in [0.5, 0.6) is 0 Å². The van der Waals surface area contributed by atoms with Crippen LogP contribution in [0.15, 0.2) is 42.7 Å². The van der Waals surface area contributed by atoms with Crippen LogP contribution in [0.3, 0.4) is 0 Å². The number of piperidine rings is 1. The maximum atomic E-state index is 4.55. The Morgan fingerprint density at radius 1 is 0.960 bits per heavy atom. The quantitative estimate of drug-likeness (QED) is 0.883. The second-order valence-corrected chi connectivity index (χ2v) is 6.99. The lowest BCUT2D eigenvalue weighted by Gasteiger charge is -2.33. The average Bonchev–Trinajstić information content (AvgIpc) is 2.99. The molecule has 0 radical (unpaired) electrons. The minimum absolute atomic E-state index is 0. The summed E-state index contributed by atoms with van der Waals surface area (Å²) in [6.45, 7) is 5.78. The Hall–Kier alpha value is -1.20. The summed E-state index contributed by atoms with van der Waals surface area (Å²) in [6, 6.07) is 10.2. The molecule has 4 rings (SSSR count). The summed E-state index contributed by atoms with van der Waals surface area (Å²) in [6.07, 6.45) is 7.98. The highest BCUT2D eigenvalue weighted by atomic mass is 35.5. The zero-order chi connectivity index (χ0) is 15.5. The van der Waals surface area contributed by atoms with Gasteiger partial charge in [0, 0.05) is 36.6 Å². The maximum absolute atomic E-state index is 4.55. The lowest BCUT2D eigenvalue weighted by Crippen LogP contribution is -2.38. The zero-order valence-electron chi connectivity index (χ0n) is 14.4. The number of benzene rings is 1. The Kier molecular flexibility index (Phi) is 7.20. The molecule has 1 N–H and O–H groups in total. The summed E-state index contributed by atoms with van der Waals surface area (Å²) in [5, 5.41) is 3.48. The molecule has 2 aliphatic heterocycles.